The van der Waals surface area contributed by atoms with Crippen LogP contribution in [0.2, 0.25) is 0 Å². The summed E-state index contributed by atoms with van der Waals surface area (Å²) < 4.78 is 8.06. The topological polar surface area (TPSA) is 75.8 Å². The minimum Gasteiger partial charge on any atom is -0.368 e. The lowest BCUT2D eigenvalue weighted by Gasteiger charge is -2.32. The highest BCUT2D eigenvalue weighted by molar-refractivity contribution is 5.52. The van der Waals surface area contributed by atoms with Gasteiger partial charge in [-0.25, -0.2) is 9.97 Å². The minimum absolute atomic E-state index is 0.0588. The van der Waals surface area contributed by atoms with Gasteiger partial charge in [-0.3, -0.25) is 0 Å². The lowest BCUT2D eigenvalue weighted by molar-refractivity contribution is -0.00178. The van der Waals surface area contributed by atoms with E-state index in [1.807, 2.05) is 6.20 Å². The van der Waals surface area contributed by atoms with Gasteiger partial charge in [-0.2, -0.15) is 5.26 Å². The lowest BCUT2D eigenvalue weighted by Crippen LogP contribution is -2.35. The molecule has 1 N–H and O–H groups in total. The van der Waals surface area contributed by atoms with Gasteiger partial charge in [0, 0.05) is 31.7 Å². The van der Waals surface area contributed by atoms with Gasteiger partial charge in [-0.15, -0.1) is 0 Å². The summed E-state index contributed by atoms with van der Waals surface area (Å²) in [5, 5.41) is 12.6. The van der Waals surface area contributed by atoms with Gasteiger partial charge in [-0.05, 0) is 31.9 Å². The Hall–Kier alpha value is -2.39. The first-order chi connectivity index (χ1) is 10.8. The zero-order chi connectivity index (χ0) is 15.4. The van der Waals surface area contributed by atoms with Crippen molar-refractivity contribution in [3.8, 4) is 6.07 Å². The Morgan fingerprint density at radius 2 is 2.36 bits per heavy atom. The molecule has 1 saturated heterocycles. The molecule has 0 aromatic carbocycles. The van der Waals surface area contributed by atoms with Crippen LogP contribution in [-0.4, -0.2) is 27.2 Å². The molecule has 0 aliphatic carbocycles. The van der Waals surface area contributed by atoms with E-state index in [9.17, 15) is 5.26 Å². The number of ether oxygens (including phenoxy) is 1. The van der Waals surface area contributed by atoms with Crippen molar-refractivity contribution in [3.05, 3.63) is 42.1 Å². The maximum absolute atomic E-state index is 9.20. The molecule has 6 heteroatoms. The summed E-state index contributed by atoms with van der Waals surface area (Å²) in [4.78, 5) is 8.74. The summed E-state index contributed by atoms with van der Waals surface area (Å²) in [5.74, 6) is 1.54. The van der Waals surface area contributed by atoms with Gasteiger partial charge in [0.2, 0.25) is 0 Å². The summed E-state index contributed by atoms with van der Waals surface area (Å²) >= 11 is 0. The third kappa shape index (κ3) is 2.81. The fourth-order valence-corrected chi connectivity index (χ4v) is 2.81. The Morgan fingerprint density at radius 3 is 3.18 bits per heavy atom. The summed E-state index contributed by atoms with van der Waals surface area (Å²) in [6, 6.07) is 5.76. The number of aryl methyl sites for hydroxylation is 1. The SMILES string of the molecule is CCn1ccnc1[C@H]1OCCC[C@@H]1Nc1ncccc1C#N. The average Bonchev–Trinajstić information content (AvgIpc) is 3.04. The molecule has 1 fully saturated rings. The highest BCUT2D eigenvalue weighted by atomic mass is 16.5. The monoisotopic (exact) mass is 297 g/mol. The Balaban J connectivity index is 1.86. The Morgan fingerprint density at radius 1 is 1.45 bits per heavy atom. The number of nitrogens with zero attached hydrogens (tertiary/aromatic N) is 4. The highest BCUT2D eigenvalue weighted by Crippen LogP contribution is 2.30. The van der Waals surface area contributed by atoms with Gasteiger partial charge in [0.1, 0.15) is 23.8 Å². The van der Waals surface area contributed by atoms with Crippen LogP contribution in [0.25, 0.3) is 0 Å². The second-order valence-corrected chi connectivity index (χ2v) is 5.27. The molecule has 2 aromatic heterocycles. The van der Waals surface area contributed by atoms with Crippen LogP contribution in [0.5, 0.6) is 0 Å². The van der Waals surface area contributed by atoms with Crippen molar-refractivity contribution in [2.75, 3.05) is 11.9 Å². The lowest BCUT2D eigenvalue weighted by atomic mass is 10.0. The number of nitrogens with one attached hydrogen (secondary N) is 1. The molecule has 3 rings (SSSR count). The molecule has 0 radical (unpaired) electrons. The van der Waals surface area contributed by atoms with Crippen LogP contribution in [0.15, 0.2) is 30.7 Å². The number of anilines is 1. The van der Waals surface area contributed by atoms with E-state index in [1.165, 1.54) is 0 Å². The van der Waals surface area contributed by atoms with Crippen molar-refractivity contribution in [3.63, 3.8) is 0 Å². The van der Waals surface area contributed by atoms with Crippen molar-refractivity contribution in [2.45, 2.75) is 38.5 Å². The predicted octanol–water partition coefficient (Wildman–Crippen LogP) is 2.50. The van der Waals surface area contributed by atoms with Crippen LogP contribution in [0.3, 0.4) is 0 Å². The number of pyridine rings is 1. The van der Waals surface area contributed by atoms with E-state index in [2.05, 4.69) is 32.8 Å². The molecule has 1 aliphatic heterocycles. The van der Waals surface area contributed by atoms with Crippen LogP contribution in [0.4, 0.5) is 5.82 Å². The molecule has 6 nitrogen and oxygen atoms in total. The van der Waals surface area contributed by atoms with Gasteiger partial charge >= 0.3 is 0 Å². The Kier molecular flexibility index (Phi) is 4.35. The molecule has 0 amide bonds. The molecule has 1 aliphatic rings. The Labute approximate surface area is 129 Å². The third-order valence-corrected chi connectivity index (χ3v) is 3.92. The third-order valence-electron chi connectivity index (χ3n) is 3.92. The number of aromatic nitrogens is 3. The fourth-order valence-electron chi connectivity index (χ4n) is 2.81. The minimum atomic E-state index is -0.128. The number of imidazole rings is 1. The molecular formula is C16H19N5O. The Bertz CT molecular complexity index is 675. The summed E-state index contributed by atoms with van der Waals surface area (Å²) in [5.41, 5.74) is 0.547. The van der Waals surface area contributed by atoms with E-state index in [1.54, 1.807) is 24.5 Å². The van der Waals surface area contributed by atoms with Crippen LogP contribution in [-0.2, 0) is 11.3 Å². The molecule has 114 valence electrons. The van der Waals surface area contributed by atoms with E-state index in [0.717, 1.165) is 31.8 Å². The number of rotatable bonds is 4. The molecule has 0 saturated carbocycles. The maximum Gasteiger partial charge on any atom is 0.144 e. The molecule has 3 heterocycles. The van der Waals surface area contributed by atoms with Crippen molar-refractivity contribution >= 4 is 5.82 Å². The average molecular weight is 297 g/mol. The van der Waals surface area contributed by atoms with E-state index >= 15 is 0 Å². The van der Waals surface area contributed by atoms with Gasteiger partial charge in [-0.1, -0.05) is 0 Å². The number of hydrogen-bond donors (Lipinski definition) is 1. The second-order valence-electron chi connectivity index (χ2n) is 5.27. The van der Waals surface area contributed by atoms with E-state index in [0.29, 0.717) is 11.4 Å². The molecule has 0 spiro atoms. The predicted molar refractivity (Wildman–Crippen MR) is 82.2 cm³/mol. The smallest absolute Gasteiger partial charge is 0.144 e. The first-order valence-corrected chi connectivity index (χ1v) is 7.57. The quantitative estimate of drug-likeness (QED) is 0.938. The first-order valence-electron chi connectivity index (χ1n) is 7.57. The standard InChI is InChI=1S/C16H19N5O/c1-2-21-9-8-19-16(21)14-13(6-4-10-22-14)20-15-12(11-17)5-3-7-18-15/h3,5,7-9,13-14H,2,4,6,10H2,1H3,(H,18,20)/t13-,14-/m0/s1. The maximum atomic E-state index is 9.20. The van der Waals surface area contributed by atoms with E-state index in [4.69, 9.17) is 4.74 Å². The van der Waals surface area contributed by atoms with Gasteiger partial charge in [0.15, 0.2) is 0 Å². The molecule has 0 unspecified atom stereocenters. The molecule has 2 aromatic rings. The van der Waals surface area contributed by atoms with Crippen molar-refractivity contribution in [1.82, 2.24) is 14.5 Å². The van der Waals surface area contributed by atoms with Crippen LogP contribution < -0.4 is 5.32 Å². The summed E-state index contributed by atoms with van der Waals surface area (Å²) in [6.07, 6.45) is 7.27. The molecule has 2 atom stereocenters. The van der Waals surface area contributed by atoms with Crippen molar-refractivity contribution < 1.29 is 4.74 Å². The normalized spacial score (nSPS) is 21.3. The molecule has 22 heavy (non-hydrogen) atoms. The van der Waals surface area contributed by atoms with Gasteiger partial charge < -0.3 is 14.6 Å². The molecular weight excluding hydrogens is 278 g/mol. The second kappa shape index (κ2) is 6.58. The van der Waals surface area contributed by atoms with Crippen LogP contribution >= 0.6 is 0 Å². The fraction of sp³-hybridized carbons (Fsp3) is 0.438. The zero-order valence-electron chi connectivity index (χ0n) is 12.6. The number of hydrogen-bond acceptors (Lipinski definition) is 5. The van der Waals surface area contributed by atoms with Gasteiger partial charge in [0.05, 0.1) is 11.6 Å². The largest absolute Gasteiger partial charge is 0.368 e. The van der Waals surface area contributed by atoms with Crippen molar-refractivity contribution in [2.24, 2.45) is 0 Å². The summed E-state index contributed by atoms with van der Waals surface area (Å²) in [7, 11) is 0. The molecule has 0 bridgehead atoms. The van der Waals surface area contributed by atoms with Crippen molar-refractivity contribution in [1.29, 1.82) is 5.26 Å². The zero-order valence-corrected chi connectivity index (χ0v) is 12.6. The van der Waals surface area contributed by atoms with Gasteiger partial charge in [0.25, 0.3) is 0 Å². The van der Waals surface area contributed by atoms with Crippen LogP contribution in [0.1, 0.15) is 37.3 Å². The van der Waals surface area contributed by atoms with E-state index < -0.39 is 0 Å². The van der Waals surface area contributed by atoms with E-state index in [-0.39, 0.29) is 12.1 Å². The van der Waals surface area contributed by atoms with Crippen LogP contribution in [0, 0.1) is 11.3 Å². The number of nitriles is 1. The first kappa shape index (κ1) is 14.5. The summed E-state index contributed by atoms with van der Waals surface area (Å²) in [6.45, 7) is 3.67. The highest BCUT2D eigenvalue weighted by Gasteiger charge is 2.31.